The monoisotopic (exact) mass is 905 g/mol. The quantitative estimate of drug-likeness (QED) is 0.0281. The minimum atomic E-state index is -0.872. The van der Waals surface area contributed by atoms with E-state index in [4.69, 9.17) is 14.2 Å². The average Bonchev–Trinajstić information content (AvgIpc) is 3.26. The lowest BCUT2D eigenvalue weighted by atomic mass is 10.0. The summed E-state index contributed by atoms with van der Waals surface area (Å²) in [6.45, 7) is 4.78. The molecule has 0 aliphatic rings. The van der Waals surface area contributed by atoms with E-state index >= 15 is 0 Å². The maximum absolute atomic E-state index is 12.8. The van der Waals surface area contributed by atoms with E-state index in [2.05, 4.69) is 38.2 Å². The molecule has 0 aromatic carbocycles. The molecule has 8 nitrogen and oxygen atoms in total. The van der Waals surface area contributed by atoms with Crippen LogP contribution in [0.1, 0.15) is 264 Å². The van der Waals surface area contributed by atoms with Crippen LogP contribution in [0.3, 0.4) is 0 Å². The van der Waals surface area contributed by atoms with Crippen LogP contribution < -0.4 is 0 Å². The average molecular weight is 905 g/mol. The molecule has 2 unspecified atom stereocenters. The third-order valence-electron chi connectivity index (χ3n) is 12.6. The van der Waals surface area contributed by atoms with Gasteiger partial charge in [-0.2, -0.15) is 0 Å². The van der Waals surface area contributed by atoms with Crippen LogP contribution in [-0.4, -0.2) is 80.6 Å². The number of carbonyl (C=O) groups excluding carboxylic acids is 2. The molecule has 0 saturated heterocycles. The van der Waals surface area contributed by atoms with Crippen molar-refractivity contribution in [2.45, 2.75) is 276 Å². The topological polar surface area (TPSA) is 99.1 Å². The van der Waals surface area contributed by atoms with Gasteiger partial charge in [0.15, 0.2) is 12.1 Å². The second kappa shape index (κ2) is 47.3. The van der Waals surface area contributed by atoms with E-state index in [1.807, 2.05) is 21.1 Å². The summed E-state index contributed by atoms with van der Waals surface area (Å²) in [7, 11) is 5.55. The van der Waals surface area contributed by atoms with Crippen molar-refractivity contribution in [2.75, 3.05) is 41.0 Å². The largest absolute Gasteiger partial charge is 0.477 e. The van der Waals surface area contributed by atoms with Gasteiger partial charge in [0.25, 0.3) is 0 Å². The second-order valence-corrected chi connectivity index (χ2v) is 19.8. The number of allylic oxidation sites excluding steroid dienone is 4. The summed E-state index contributed by atoms with van der Waals surface area (Å²) >= 11 is 0. The molecule has 0 bridgehead atoms. The van der Waals surface area contributed by atoms with Crippen LogP contribution in [0.15, 0.2) is 24.3 Å². The Morgan fingerprint density at radius 3 is 1.20 bits per heavy atom. The lowest BCUT2D eigenvalue weighted by Crippen LogP contribution is -2.50. The number of carboxylic acid groups (broad SMARTS) is 1. The van der Waals surface area contributed by atoms with Gasteiger partial charge in [0.05, 0.1) is 34.4 Å². The van der Waals surface area contributed by atoms with Crippen LogP contribution in [-0.2, 0) is 28.6 Å². The van der Waals surface area contributed by atoms with Gasteiger partial charge in [-0.1, -0.05) is 224 Å². The standard InChI is InChI=1S/C56H105NO7/c1-6-8-10-12-14-16-18-20-22-24-26-27-28-29-31-32-34-36-38-40-42-44-46-54(58)63-51-52(50-62-49-48-53(56(60)61)57(3,4)5)64-55(59)47-45-43-41-39-37-35-33-30-25-23-21-19-17-15-13-11-9-7-2/h24,26,28-29,52-53H,6-23,25,27,30-51H2,1-5H3/p+1/b26-24+,29-28+. The van der Waals surface area contributed by atoms with Gasteiger partial charge in [0.2, 0.25) is 0 Å². The molecule has 0 heterocycles. The lowest BCUT2D eigenvalue weighted by molar-refractivity contribution is -0.887. The van der Waals surface area contributed by atoms with Crippen molar-refractivity contribution in [1.29, 1.82) is 0 Å². The summed E-state index contributed by atoms with van der Waals surface area (Å²) in [6.07, 6.45) is 55.2. The number of unbranched alkanes of at least 4 members (excludes halogenated alkanes) is 32. The molecular formula is C56H106NO7+. The predicted octanol–water partition coefficient (Wildman–Crippen LogP) is 16.0. The predicted molar refractivity (Wildman–Crippen MR) is 271 cm³/mol. The van der Waals surface area contributed by atoms with Crippen molar-refractivity contribution in [1.82, 2.24) is 0 Å². The van der Waals surface area contributed by atoms with Crippen molar-refractivity contribution in [2.24, 2.45) is 0 Å². The zero-order valence-electron chi connectivity index (χ0n) is 43.0. The Hall–Kier alpha value is -2.19. The number of aliphatic carboxylic acids is 1. The van der Waals surface area contributed by atoms with Crippen molar-refractivity contribution in [3.05, 3.63) is 24.3 Å². The molecule has 0 aliphatic carbocycles. The molecule has 1 N–H and O–H groups in total. The highest BCUT2D eigenvalue weighted by Crippen LogP contribution is 2.17. The summed E-state index contributed by atoms with van der Waals surface area (Å²) in [5.74, 6) is -1.46. The number of ether oxygens (including phenoxy) is 3. The fourth-order valence-electron chi connectivity index (χ4n) is 8.36. The summed E-state index contributed by atoms with van der Waals surface area (Å²) < 4.78 is 17.4. The number of esters is 2. The zero-order valence-corrected chi connectivity index (χ0v) is 43.0. The van der Waals surface area contributed by atoms with Gasteiger partial charge in [-0.15, -0.1) is 0 Å². The SMILES string of the molecule is CCCCCCCCCC/C=C/C/C=C/CCCCCCCCCC(=O)OCC(COCCC(C(=O)O)[N+](C)(C)C)OC(=O)CCCCCCCCCCCCCCCCCCCC. The molecule has 0 radical (unpaired) electrons. The summed E-state index contributed by atoms with van der Waals surface area (Å²) in [4.78, 5) is 37.2. The number of quaternary nitrogens is 1. The first-order valence-electron chi connectivity index (χ1n) is 27.4. The maximum Gasteiger partial charge on any atom is 0.362 e. The van der Waals surface area contributed by atoms with Gasteiger partial charge in [-0.25, -0.2) is 4.79 Å². The Labute approximate surface area is 396 Å². The van der Waals surface area contributed by atoms with Crippen molar-refractivity contribution < 1.29 is 38.2 Å². The van der Waals surface area contributed by atoms with Crippen molar-refractivity contribution in [3.63, 3.8) is 0 Å². The van der Waals surface area contributed by atoms with E-state index in [0.717, 1.165) is 51.4 Å². The smallest absolute Gasteiger partial charge is 0.362 e. The van der Waals surface area contributed by atoms with Crippen molar-refractivity contribution in [3.8, 4) is 0 Å². The maximum atomic E-state index is 12.8. The summed E-state index contributed by atoms with van der Waals surface area (Å²) in [6, 6.07) is -0.614. The zero-order chi connectivity index (χ0) is 47.0. The Morgan fingerprint density at radius 2 is 0.828 bits per heavy atom. The molecule has 0 saturated carbocycles. The molecule has 0 aromatic rings. The Morgan fingerprint density at radius 1 is 0.469 bits per heavy atom. The van der Waals surface area contributed by atoms with E-state index in [1.165, 1.54) is 180 Å². The molecule has 8 heteroatoms. The first-order valence-corrected chi connectivity index (χ1v) is 27.4. The Balaban J connectivity index is 4.19. The fraction of sp³-hybridized carbons (Fsp3) is 0.875. The fourth-order valence-corrected chi connectivity index (χ4v) is 8.36. The molecule has 0 fully saturated rings. The first-order chi connectivity index (χ1) is 31.1. The Bertz CT molecular complexity index is 1100. The van der Waals surface area contributed by atoms with Gasteiger partial charge in [0.1, 0.15) is 6.61 Å². The molecular weight excluding hydrogens is 799 g/mol. The number of hydrogen-bond donors (Lipinski definition) is 1. The normalized spacial score (nSPS) is 13.0. The molecule has 376 valence electrons. The summed E-state index contributed by atoms with van der Waals surface area (Å²) in [5, 5.41) is 9.66. The van der Waals surface area contributed by atoms with E-state index in [0.29, 0.717) is 19.3 Å². The highest BCUT2D eigenvalue weighted by molar-refractivity contribution is 5.72. The van der Waals surface area contributed by atoms with E-state index in [1.54, 1.807) is 0 Å². The van der Waals surface area contributed by atoms with Crippen LogP contribution in [0, 0.1) is 0 Å². The van der Waals surface area contributed by atoms with E-state index in [-0.39, 0.29) is 36.2 Å². The molecule has 2 atom stereocenters. The van der Waals surface area contributed by atoms with Crippen LogP contribution in [0.5, 0.6) is 0 Å². The third-order valence-corrected chi connectivity index (χ3v) is 12.6. The van der Waals surface area contributed by atoms with Gasteiger partial charge in [0, 0.05) is 19.3 Å². The number of rotatable bonds is 50. The Kier molecular flexibility index (Phi) is 45.7. The van der Waals surface area contributed by atoms with Crippen molar-refractivity contribution >= 4 is 17.9 Å². The van der Waals surface area contributed by atoms with E-state index < -0.39 is 18.1 Å². The molecule has 0 amide bonds. The second-order valence-electron chi connectivity index (χ2n) is 19.8. The van der Waals surface area contributed by atoms with Crippen LogP contribution in [0.4, 0.5) is 0 Å². The van der Waals surface area contributed by atoms with Crippen LogP contribution >= 0.6 is 0 Å². The van der Waals surface area contributed by atoms with Crippen LogP contribution in [0.2, 0.25) is 0 Å². The van der Waals surface area contributed by atoms with Crippen LogP contribution in [0.25, 0.3) is 0 Å². The number of nitrogens with zero attached hydrogens (tertiary/aromatic N) is 1. The lowest BCUT2D eigenvalue weighted by Gasteiger charge is -2.31. The van der Waals surface area contributed by atoms with Gasteiger partial charge < -0.3 is 23.8 Å². The molecule has 0 aliphatic heterocycles. The highest BCUT2D eigenvalue weighted by Gasteiger charge is 2.31. The number of carboxylic acids is 1. The summed E-state index contributed by atoms with van der Waals surface area (Å²) in [5.41, 5.74) is 0. The minimum absolute atomic E-state index is 0.0502. The van der Waals surface area contributed by atoms with Gasteiger partial charge in [-0.05, 0) is 44.9 Å². The van der Waals surface area contributed by atoms with E-state index in [9.17, 15) is 19.5 Å². The molecule has 0 rings (SSSR count). The van der Waals surface area contributed by atoms with Gasteiger partial charge >= 0.3 is 17.9 Å². The number of carbonyl (C=O) groups is 3. The third kappa shape index (κ3) is 45.0. The highest BCUT2D eigenvalue weighted by atomic mass is 16.6. The first kappa shape index (κ1) is 61.8. The molecule has 0 aromatic heterocycles. The number of likely N-dealkylation sites (N-methyl/N-ethyl adjacent to an activating group) is 1. The minimum Gasteiger partial charge on any atom is -0.477 e. The number of hydrogen-bond acceptors (Lipinski definition) is 6. The molecule has 0 spiro atoms. The molecule has 64 heavy (non-hydrogen) atoms. The van der Waals surface area contributed by atoms with Gasteiger partial charge in [-0.3, -0.25) is 9.59 Å².